The average molecular weight is 530 g/mol. The highest BCUT2D eigenvalue weighted by Gasteiger charge is 2.23. The van der Waals surface area contributed by atoms with Crippen molar-refractivity contribution < 1.29 is 13.2 Å². The molecule has 2 N–H and O–H groups in total. The van der Waals surface area contributed by atoms with Gasteiger partial charge in [-0.05, 0) is 57.4 Å². The number of nitrogens with one attached hydrogen (secondary N) is 2. The molecule has 0 unspecified atom stereocenters. The van der Waals surface area contributed by atoms with Crippen molar-refractivity contribution in [3.63, 3.8) is 0 Å². The zero-order valence-corrected chi connectivity index (χ0v) is 22.5. The van der Waals surface area contributed by atoms with Gasteiger partial charge in [0.15, 0.2) is 15.7 Å². The number of rotatable bonds is 9. The van der Waals surface area contributed by atoms with E-state index in [4.69, 9.17) is 16.3 Å². The monoisotopic (exact) mass is 529 g/mol. The van der Waals surface area contributed by atoms with Crippen molar-refractivity contribution in [2.24, 2.45) is 5.92 Å². The third kappa shape index (κ3) is 5.68. The fourth-order valence-electron chi connectivity index (χ4n) is 4.09. The fourth-order valence-corrected chi connectivity index (χ4v) is 5.43. The minimum absolute atomic E-state index is 0.189. The summed E-state index contributed by atoms with van der Waals surface area (Å²) >= 11 is 6.37. The Bertz CT molecular complexity index is 1330. The van der Waals surface area contributed by atoms with Crippen molar-refractivity contribution >= 4 is 50.3 Å². The zero-order chi connectivity index (χ0) is 25.9. The molecule has 0 bridgehead atoms. The number of nitrogens with zero attached hydrogens (tertiary/aromatic N) is 3. The number of ether oxygens (including phenoxy) is 1. The van der Waals surface area contributed by atoms with Crippen LogP contribution in [0.3, 0.4) is 0 Å². The molecule has 1 fully saturated rings. The van der Waals surface area contributed by atoms with E-state index in [9.17, 15) is 8.42 Å². The number of sulfone groups is 1. The van der Waals surface area contributed by atoms with E-state index in [1.165, 1.54) is 12.6 Å². The molecule has 3 aromatic rings. The van der Waals surface area contributed by atoms with Crippen LogP contribution in [0.25, 0.3) is 0 Å². The highest BCUT2D eigenvalue weighted by Crippen LogP contribution is 2.35. The summed E-state index contributed by atoms with van der Waals surface area (Å²) < 4.78 is 31.6. The lowest BCUT2D eigenvalue weighted by Crippen LogP contribution is -2.19. The van der Waals surface area contributed by atoms with Crippen molar-refractivity contribution in [2.45, 2.75) is 44.3 Å². The Balaban J connectivity index is 1.61. The molecule has 8 nitrogen and oxygen atoms in total. The van der Waals surface area contributed by atoms with Crippen LogP contribution in [-0.2, 0) is 9.84 Å². The Kier molecular flexibility index (Phi) is 7.90. The van der Waals surface area contributed by atoms with E-state index >= 15 is 0 Å². The van der Waals surface area contributed by atoms with Gasteiger partial charge in [0.25, 0.3) is 0 Å². The first-order chi connectivity index (χ1) is 17.2. The number of benzene rings is 2. The first-order valence-electron chi connectivity index (χ1n) is 12.1. The topological polar surface area (TPSA) is 96.5 Å². The summed E-state index contributed by atoms with van der Waals surface area (Å²) in [5, 5.41) is 5.99. The largest absolute Gasteiger partial charge is 0.492 e. The van der Waals surface area contributed by atoms with Gasteiger partial charge in [0.1, 0.15) is 10.8 Å². The van der Waals surface area contributed by atoms with Crippen LogP contribution in [0.15, 0.2) is 53.6 Å². The van der Waals surface area contributed by atoms with E-state index < -0.39 is 15.1 Å². The molecule has 0 spiro atoms. The Morgan fingerprint density at radius 2 is 1.94 bits per heavy atom. The molecule has 1 saturated heterocycles. The van der Waals surface area contributed by atoms with Gasteiger partial charge in [-0.3, -0.25) is 0 Å². The van der Waals surface area contributed by atoms with Crippen LogP contribution in [0.5, 0.6) is 5.75 Å². The zero-order valence-electron chi connectivity index (χ0n) is 21.0. The number of anilines is 5. The van der Waals surface area contributed by atoms with Crippen molar-refractivity contribution in [2.75, 3.05) is 35.2 Å². The van der Waals surface area contributed by atoms with E-state index in [0.717, 1.165) is 24.5 Å². The third-order valence-electron chi connectivity index (χ3n) is 6.11. The van der Waals surface area contributed by atoms with Gasteiger partial charge in [-0.15, -0.1) is 0 Å². The molecule has 0 radical (unpaired) electrons. The maximum Gasteiger partial charge on any atom is 0.229 e. The molecule has 0 aliphatic carbocycles. The van der Waals surface area contributed by atoms with Crippen molar-refractivity contribution in [1.82, 2.24) is 9.97 Å². The molecule has 36 heavy (non-hydrogen) atoms. The van der Waals surface area contributed by atoms with E-state index in [-0.39, 0.29) is 9.92 Å². The van der Waals surface area contributed by atoms with Crippen LogP contribution in [0, 0.1) is 5.92 Å². The predicted octanol–water partition coefficient (Wildman–Crippen LogP) is 6.04. The third-order valence-corrected chi connectivity index (χ3v) is 8.60. The maximum atomic E-state index is 12.8. The Labute approximate surface area is 218 Å². The van der Waals surface area contributed by atoms with Gasteiger partial charge in [-0.25, -0.2) is 13.4 Å². The minimum Gasteiger partial charge on any atom is -0.492 e. The van der Waals surface area contributed by atoms with Crippen molar-refractivity contribution in [1.29, 1.82) is 0 Å². The van der Waals surface area contributed by atoms with Crippen LogP contribution < -0.4 is 20.3 Å². The highest BCUT2D eigenvalue weighted by atomic mass is 35.5. The van der Waals surface area contributed by atoms with E-state index in [0.29, 0.717) is 35.7 Å². The van der Waals surface area contributed by atoms with Crippen LogP contribution >= 0.6 is 11.6 Å². The summed E-state index contributed by atoms with van der Waals surface area (Å²) in [6.07, 6.45) is 2.65. The molecule has 4 rings (SSSR count). The van der Waals surface area contributed by atoms with E-state index in [1.807, 2.05) is 19.1 Å². The number of para-hydroxylation sites is 1. The molecule has 1 aromatic heterocycles. The van der Waals surface area contributed by atoms with Gasteiger partial charge in [0.05, 0.1) is 34.3 Å². The van der Waals surface area contributed by atoms with Gasteiger partial charge in [-0.1, -0.05) is 30.7 Å². The molecular formula is C26H32ClN5O3S. The summed E-state index contributed by atoms with van der Waals surface area (Å²) in [5.41, 5.74) is 2.25. The summed E-state index contributed by atoms with van der Waals surface area (Å²) in [6, 6.07) is 12.8. The van der Waals surface area contributed by atoms with E-state index in [2.05, 4.69) is 38.5 Å². The SMILES string of the molecule is CCOc1cc(N2CC[C@@H](C)C2)ccc1Nc1ncc(Cl)c(Nc2ccccc2S(=O)(=O)C(C)C)n1. The molecular weight excluding hydrogens is 498 g/mol. The fraction of sp³-hybridized carbons (Fsp3) is 0.385. The maximum absolute atomic E-state index is 12.8. The summed E-state index contributed by atoms with van der Waals surface area (Å²) in [4.78, 5) is 11.4. The lowest BCUT2D eigenvalue weighted by atomic mass is 10.2. The normalized spacial score (nSPS) is 15.8. The molecule has 192 valence electrons. The first kappa shape index (κ1) is 26.0. The van der Waals surface area contributed by atoms with Crippen molar-refractivity contribution in [3.05, 3.63) is 53.7 Å². The summed E-state index contributed by atoms with van der Waals surface area (Å²) in [7, 11) is -3.51. The summed E-state index contributed by atoms with van der Waals surface area (Å²) in [6.45, 7) is 10.1. The lowest BCUT2D eigenvalue weighted by molar-refractivity contribution is 0.342. The van der Waals surface area contributed by atoms with Crippen LogP contribution in [-0.4, -0.2) is 43.3 Å². The summed E-state index contributed by atoms with van der Waals surface area (Å²) in [5.74, 6) is 1.97. The van der Waals surface area contributed by atoms with Crippen LogP contribution in [0.4, 0.5) is 28.8 Å². The number of hydrogen-bond acceptors (Lipinski definition) is 8. The van der Waals surface area contributed by atoms with Gasteiger partial charge in [-0.2, -0.15) is 4.98 Å². The Morgan fingerprint density at radius 1 is 1.17 bits per heavy atom. The number of halogens is 1. The Morgan fingerprint density at radius 3 is 2.64 bits per heavy atom. The second-order valence-corrected chi connectivity index (χ2v) is 12.1. The Hall–Kier alpha value is -3.04. The second kappa shape index (κ2) is 10.9. The number of aromatic nitrogens is 2. The van der Waals surface area contributed by atoms with Crippen LogP contribution in [0.1, 0.15) is 34.1 Å². The molecule has 1 aliphatic rings. The highest BCUT2D eigenvalue weighted by molar-refractivity contribution is 7.92. The molecule has 1 atom stereocenters. The van der Waals surface area contributed by atoms with Crippen molar-refractivity contribution in [3.8, 4) is 5.75 Å². The van der Waals surface area contributed by atoms with Gasteiger partial charge in [0.2, 0.25) is 5.95 Å². The van der Waals surface area contributed by atoms with E-state index in [1.54, 1.807) is 38.1 Å². The number of hydrogen-bond donors (Lipinski definition) is 2. The second-order valence-electron chi connectivity index (χ2n) is 9.18. The molecule has 1 aliphatic heterocycles. The molecule has 10 heteroatoms. The van der Waals surface area contributed by atoms with Gasteiger partial charge in [0, 0.05) is 24.8 Å². The predicted molar refractivity (Wildman–Crippen MR) is 146 cm³/mol. The molecule has 2 heterocycles. The molecule has 0 saturated carbocycles. The quantitative estimate of drug-likeness (QED) is 0.346. The van der Waals surface area contributed by atoms with Gasteiger partial charge < -0.3 is 20.3 Å². The van der Waals surface area contributed by atoms with Crippen LogP contribution in [0.2, 0.25) is 5.02 Å². The smallest absolute Gasteiger partial charge is 0.229 e. The molecule has 2 aromatic carbocycles. The standard InChI is InChI=1S/C26H32ClN5O3S/c1-5-35-23-14-19(32-13-12-18(4)16-32)10-11-21(23)30-26-28-15-20(27)25(31-26)29-22-8-6-7-9-24(22)36(33,34)17(2)3/h6-11,14-15,17-18H,5,12-13,16H2,1-4H3,(H2,28,29,30,31)/t18-/m1/s1. The first-order valence-corrected chi connectivity index (χ1v) is 14.0. The lowest BCUT2D eigenvalue weighted by Gasteiger charge is -2.21. The molecule has 0 amide bonds. The minimum atomic E-state index is -3.51. The average Bonchev–Trinajstić information content (AvgIpc) is 3.29. The van der Waals surface area contributed by atoms with Gasteiger partial charge >= 0.3 is 0 Å².